The average Bonchev–Trinajstić information content (AvgIpc) is 3.08. The van der Waals surface area contributed by atoms with Crippen LogP contribution in [-0.2, 0) is 6.54 Å². The van der Waals surface area contributed by atoms with Crippen molar-refractivity contribution < 1.29 is 9.18 Å². The summed E-state index contributed by atoms with van der Waals surface area (Å²) in [5.74, 6) is 0.234. The minimum atomic E-state index is -0.339. The van der Waals surface area contributed by atoms with Gasteiger partial charge in [0.2, 0.25) is 0 Å². The van der Waals surface area contributed by atoms with E-state index in [9.17, 15) is 9.18 Å². The van der Waals surface area contributed by atoms with Gasteiger partial charge in [-0.3, -0.25) is 4.79 Å². The lowest BCUT2D eigenvalue weighted by molar-refractivity contribution is 0.0937. The van der Waals surface area contributed by atoms with Gasteiger partial charge in [-0.15, -0.1) is 0 Å². The van der Waals surface area contributed by atoms with Gasteiger partial charge in [0.05, 0.1) is 17.1 Å². The number of benzene rings is 3. The fraction of sp³-hybridized carbons (Fsp3) is 0.130. The third kappa shape index (κ3) is 4.15. The van der Waals surface area contributed by atoms with Crippen molar-refractivity contribution in [2.75, 3.05) is 0 Å². The van der Waals surface area contributed by atoms with Crippen LogP contribution in [0.15, 0.2) is 72.8 Å². The molecule has 0 saturated heterocycles. The summed E-state index contributed by atoms with van der Waals surface area (Å²) in [6.45, 7) is 2.42. The quantitative estimate of drug-likeness (QED) is 0.483. The highest BCUT2D eigenvalue weighted by molar-refractivity contribution is 6.30. The molecule has 0 aliphatic rings. The maximum atomic E-state index is 13.3. The van der Waals surface area contributed by atoms with Crippen molar-refractivity contribution in [2.24, 2.45) is 0 Å². The molecule has 6 heteroatoms. The van der Waals surface area contributed by atoms with Gasteiger partial charge >= 0.3 is 0 Å². The Kier molecular flexibility index (Phi) is 5.32. The van der Waals surface area contributed by atoms with E-state index in [0.29, 0.717) is 17.1 Å². The molecule has 1 atom stereocenters. The summed E-state index contributed by atoms with van der Waals surface area (Å²) < 4.78 is 15.3. The zero-order valence-corrected chi connectivity index (χ0v) is 16.5. The molecule has 3 aromatic carbocycles. The van der Waals surface area contributed by atoms with Crippen LogP contribution in [0.2, 0.25) is 5.02 Å². The maximum Gasteiger partial charge on any atom is 0.251 e. The Labute approximate surface area is 173 Å². The highest BCUT2D eigenvalue weighted by atomic mass is 35.5. The molecule has 1 amide bonds. The molecule has 146 valence electrons. The van der Waals surface area contributed by atoms with Crippen molar-refractivity contribution in [3.63, 3.8) is 0 Å². The molecule has 0 spiro atoms. The lowest BCUT2D eigenvalue weighted by Gasteiger charge is -2.17. The zero-order valence-electron chi connectivity index (χ0n) is 15.8. The van der Waals surface area contributed by atoms with Gasteiger partial charge in [0.1, 0.15) is 11.6 Å². The number of halogens is 2. The molecule has 0 fully saturated rings. The van der Waals surface area contributed by atoms with E-state index in [1.54, 1.807) is 36.4 Å². The van der Waals surface area contributed by atoms with E-state index in [1.807, 2.05) is 35.8 Å². The lowest BCUT2D eigenvalue weighted by Crippen LogP contribution is -2.28. The maximum absolute atomic E-state index is 13.3. The first-order valence-electron chi connectivity index (χ1n) is 9.27. The van der Waals surface area contributed by atoms with E-state index >= 15 is 0 Å². The SMILES string of the molecule is CC(NC(=O)c1cccc(Cl)c1)c1nc2ccccc2n1Cc1ccc(F)cc1. The van der Waals surface area contributed by atoms with Gasteiger partial charge < -0.3 is 9.88 Å². The molecule has 0 aliphatic carbocycles. The van der Waals surface area contributed by atoms with Crippen LogP contribution in [-0.4, -0.2) is 15.5 Å². The van der Waals surface area contributed by atoms with E-state index < -0.39 is 0 Å². The third-order valence-electron chi connectivity index (χ3n) is 4.76. The number of hydrogen-bond donors (Lipinski definition) is 1. The lowest BCUT2D eigenvalue weighted by atomic mass is 10.2. The highest BCUT2D eigenvalue weighted by Crippen LogP contribution is 2.23. The van der Waals surface area contributed by atoms with Gasteiger partial charge in [-0.25, -0.2) is 9.37 Å². The summed E-state index contributed by atoms with van der Waals surface area (Å²) >= 11 is 6.00. The number of fused-ring (bicyclic) bond motifs is 1. The molecule has 29 heavy (non-hydrogen) atoms. The third-order valence-corrected chi connectivity index (χ3v) is 4.99. The van der Waals surface area contributed by atoms with Gasteiger partial charge in [-0.1, -0.05) is 41.9 Å². The summed E-state index contributed by atoms with van der Waals surface area (Å²) in [5, 5.41) is 3.50. The fourth-order valence-corrected chi connectivity index (χ4v) is 3.53. The van der Waals surface area contributed by atoms with Crippen molar-refractivity contribution in [1.29, 1.82) is 0 Å². The molecule has 4 rings (SSSR count). The summed E-state index contributed by atoms with van der Waals surface area (Å²) in [5.41, 5.74) is 3.24. The molecule has 0 aliphatic heterocycles. The molecule has 1 unspecified atom stereocenters. The van der Waals surface area contributed by atoms with E-state index in [2.05, 4.69) is 5.32 Å². The largest absolute Gasteiger partial charge is 0.342 e. The van der Waals surface area contributed by atoms with Crippen molar-refractivity contribution in [3.05, 3.63) is 101 Å². The van der Waals surface area contributed by atoms with E-state index in [1.165, 1.54) is 12.1 Å². The van der Waals surface area contributed by atoms with Gasteiger partial charge in [-0.2, -0.15) is 0 Å². The Morgan fingerprint density at radius 1 is 1.10 bits per heavy atom. The van der Waals surface area contributed by atoms with Gasteiger partial charge in [0.25, 0.3) is 5.91 Å². The summed E-state index contributed by atoms with van der Waals surface area (Å²) in [6.07, 6.45) is 0. The van der Waals surface area contributed by atoms with Crippen LogP contribution in [0.3, 0.4) is 0 Å². The molecule has 1 N–H and O–H groups in total. The molecular formula is C23H19ClFN3O. The Bertz CT molecular complexity index is 1170. The Morgan fingerprint density at radius 2 is 1.86 bits per heavy atom. The average molecular weight is 408 g/mol. The summed E-state index contributed by atoms with van der Waals surface area (Å²) in [6, 6.07) is 20.7. The minimum absolute atomic E-state index is 0.222. The van der Waals surface area contributed by atoms with E-state index in [0.717, 1.165) is 22.4 Å². The Morgan fingerprint density at radius 3 is 2.62 bits per heavy atom. The first-order valence-corrected chi connectivity index (χ1v) is 9.65. The molecule has 0 radical (unpaired) electrons. The van der Waals surface area contributed by atoms with Crippen molar-refractivity contribution >= 4 is 28.5 Å². The van der Waals surface area contributed by atoms with Gasteiger partial charge in [0, 0.05) is 17.1 Å². The molecule has 4 aromatic rings. The molecular weight excluding hydrogens is 389 g/mol. The van der Waals surface area contributed by atoms with Crippen LogP contribution >= 0.6 is 11.6 Å². The smallest absolute Gasteiger partial charge is 0.251 e. The molecule has 1 heterocycles. The number of amides is 1. The topological polar surface area (TPSA) is 46.9 Å². The second kappa shape index (κ2) is 8.05. The minimum Gasteiger partial charge on any atom is -0.342 e. The van der Waals surface area contributed by atoms with Crippen molar-refractivity contribution in [1.82, 2.24) is 14.9 Å². The highest BCUT2D eigenvalue weighted by Gasteiger charge is 2.19. The predicted molar refractivity (Wildman–Crippen MR) is 113 cm³/mol. The van der Waals surface area contributed by atoms with Crippen LogP contribution < -0.4 is 5.32 Å². The van der Waals surface area contributed by atoms with Crippen LogP contribution in [0.5, 0.6) is 0 Å². The summed E-state index contributed by atoms with van der Waals surface area (Å²) in [4.78, 5) is 17.4. The monoisotopic (exact) mass is 407 g/mol. The number of para-hydroxylation sites is 2. The Balaban J connectivity index is 1.67. The zero-order chi connectivity index (χ0) is 20.4. The van der Waals surface area contributed by atoms with Crippen molar-refractivity contribution in [3.8, 4) is 0 Å². The number of carbonyl (C=O) groups is 1. The van der Waals surface area contributed by atoms with Crippen LogP contribution in [0, 0.1) is 5.82 Å². The first kappa shape index (κ1) is 19.2. The molecule has 1 aromatic heterocycles. The predicted octanol–water partition coefficient (Wildman–Crippen LogP) is 5.37. The van der Waals surface area contributed by atoms with Gasteiger partial charge in [-0.05, 0) is 55.0 Å². The molecule has 0 saturated carbocycles. The number of nitrogens with zero attached hydrogens (tertiary/aromatic N) is 2. The standard InChI is InChI=1S/C23H19ClFN3O/c1-15(26-23(29)17-5-4-6-18(24)13-17)22-27-20-7-2-3-8-21(20)28(22)14-16-9-11-19(25)12-10-16/h2-13,15H,14H2,1H3,(H,26,29). The first-order chi connectivity index (χ1) is 14.0. The fourth-order valence-electron chi connectivity index (χ4n) is 3.34. The Hall–Kier alpha value is -3.18. The molecule has 0 bridgehead atoms. The van der Waals surface area contributed by atoms with E-state index in [-0.39, 0.29) is 17.8 Å². The number of rotatable bonds is 5. The normalized spacial score (nSPS) is 12.1. The van der Waals surface area contributed by atoms with Crippen LogP contribution in [0.25, 0.3) is 11.0 Å². The second-order valence-corrected chi connectivity index (χ2v) is 7.31. The molecule has 4 nitrogen and oxygen atoms in total. The second-order valence-electron chi connectivity index (χ2n) is 6.88. The number of carbonyl (C=O) groups excluding carboxylic acids is 1. The van der Waals surface area contributed by atoms with Crippen LogP contribution in [0.4, 0.5) is 4.39 Å². The van der Waals surface area contributed by atoms with Crippen LogP contribution in [0.1, 0.15) is 34.7 Å². The number of aromatic nitrogens is 2. The number of hydrogen-bond acceptors (Lipinski definition) is 2. The van der Waals surface area contributed by atoms with Gasteiger partial charge in [0.15, 0.2) is 0 Å². The summed E-state index contributed by atoms with van der Waals surface area (Å²) in [7, 11) is 0. The number of imidazole rings is 1. The van der Waals surface area contributed by atoms with E-state index in [4.69, 9.17) is 16.6 Å². The number of nitrogens with one attached hydrogen (secondary N) is 1. The van der Waals surface area contributed by atoms with Crippen molar-refractivity contribution in [2.45, 2.75) is 19.5 Å².